The second-order valence-corrected chi connectivity index (χ2v) is 10.9. The van der Waals surface area contributed by atoms with Crippen LogP contribution in [0.4, 0.5) is 13.2 Å². The molecule has 2 aromatic rings. The molecule has 12 heteroatoms. The highest BCUT2D eigenvalue weighted by Crippen LogP contribution is 2.42. The molecule has 1 amide bonds. The highest BCUT2D eigenvalue weighted by molar-refractivity contribution is 7.89. The molecule has 8 nitrogen and oxygen atoms in total. The molecule has 0 radical (unpaired) electrons. The summed E-state index contributed by atoms with van der Waals surface area (Å²) in [5.41, 5.74) is -0.867. The molecule has 1 N–H and O–H groups in total. The van der Waals surface area contributed by atoms with Crippen LogP contribution in [0.1, 0.15) is 36.0 Å². The lowest BCUT2D eigenvalue weighted by Crippen LogP contribution is -2.63. The lowest BCUT2D eigenvalue weighted by atomic mass is 9.78. The smallest absolute Gasteiger partial charge is 0.262 e. The lowest BCUT2D eigenvalue weighted by molar-refractivity contribution is -0.0856. The number of aryl methyl sites for hydroxylation is 1. The largest absolute Gasteiger partial charge is 0.350 e. The zero-order valence-corrected chi connectivity index (χ0v) is 19.7. The number of amides is 1. The molecule has 2 fully saturated rings. The van der Waals surface area contributed by atoms with Crippen LogP contribution < -0.4 is 5.32 Å². The molecule has 1 aliphatic heterocycles. The Hall–Kier alpha value is -2.44. The standard InChI is InChI=1S/C22H28F3N5O3S/c1-28-14-19(27-16-28)34(32,33)30-12-10-29(11-13-30)21(6-8-22(24,25)9-7-21)15-26-20(31)17-4-2-3-5-18(17)23/h2-5,14,16H,6-13,15H2,1H3,(H,26,31). The number of nitrogens with one attached hydrogen (secondary N) is 1. The van der Waals surface area contributed by atoms with E-state index in [4.69, 9.17) is 0 Å². The van der Waals surface area contributed by atoms with Crippen LogP contribution in [0, 0.1) is 5.82 Å². The summed E-state index contributed by atoms with van der Waals surface area (Å²) in [7, 11) is -2.07. The van der Waals surface area contributed by atoms with Crippen molar-refractivity contribution in [3.8, 4) is 0 Å². The zero-order chi connectivity index (χ0) is 24.6. The van der Waals surface area contributed by atoms with Crippen molar-refractivity contribution in [2.45, 2.75) is 42.2 Å². The summed E-state index contributed by atoms with van der Waals surface area (Å²) < 4.78 is 70.7. The normalized spacial score (nSPS) is 21.3. The molecule has 2 heterocycles. The molecule has 186 valence electrons. The number of imidazole rings is 1. The molecule has 1 saturated heterocycles. The predicted molar refractivity (Wildman–Crippen MR) is 118 cm³/mol. The third-order valence-corrected chi connectivity index (χ3v) is 8.59. The van der Waals surface area contributed by atoms with Gasteiger partial charge in [0, 0.05) is 64.3 Å². The van der Waals surface area contributed by atoms with Crippen molar-refractivity contribution < 1.29 is 26.4 Å². The monoisotopic (exact) mass is 499 g/mol. The number of sulfonamides is 1. The maximum absolute atomic E-state index is 14.0. The summed E-state index contributed by atoms with van der Waals surface area (Å²) in [5.74, 6) is -4.04. The van der Waals surface area contributed by atoms with Crippen molar-refractivity contribution in [1.29, 1.82) is 0 Å². The van der Waals surface area contributed by atoms with Crippen LogP contribution in [0.2, 0.25) is 0 Å². The van der Waals surface area contributed by atoms with Crippen LogP contribution >= 0.6 is 0 Å². The molecule has 34 heavy (non-hydrogen) atoms. The van der Waals surface area contributed by atoms with Gasteiger partial charge in [-0.1, -0.05) is 12.1 Å². The Bertz CT molecular complexity index is 1140. The van der Waals surface area contributed by atoms with Gasteiger partial charge in [-0.25, -0.2) is 26.6 Å². The van der Waals surface area contributed by atoms with Crippen LogP contribution in [-0.2, 0) is 17.1 Å². The molecule has 2 aliphatic rings. The second-order valence-electron chi connectivity index (χ2n) is 9.01. The van der Waals surface area contributed by atoms with Gasteiger partial charge in [0.15, 0.2) is 5.03 Å². The molecular formula is C22H28F3N5O3S. The summed E-state index contributed by atoms with van der Waals surface area (Å²) in [6.45, 7) is 1.08. The fourth-order valence-electron chi connectivity index (χ4n) is 4.73. The minimum atomic E-state index is -3.76. The first kappa shape index (κ1) is 24.7. The van der Waals surface area contributed by atoms with E-state index in [1.54, 1.807) is 17.7 Å². The van der Waals surface area contributed by atoms with Crippen molar-refractivity contribution in [2.24, 2.45) is 7.05 Å². The number of alkyl halides is 2. The van der Waals surface area contributed by atoms with Crippen molar-refractivity contribution in [3.05, 3.63) is 48.2 Å². The number of carbonyl (C=O) groups is 1. The fourth-order valence-corrected chi connectivity index (χ4v) is 6.12. The lowest BCUT2D eigenvalue weighted by Gasteiger charge is -2.50. The van der Waals surface area contributed by atoms with Gasteiger partial charge in [-0.2, -0.15) is 4.31 Å². The number of nitrogens with zero attached hydrogens (tertiary/aromatic N) is 4. The van der Waals surface area contributed by atoms with Crippen LogP contribution in [0.25, 0.3) is 0 Å². The Labute approximate surface area is 196 Å². The summed E-state index contributed by atoms with van der Waals surface area (Å²) in [6.07, 6.45) is 2.49. The molecule has 0 atom stereocenters. The van der Waals surface area contributed by atoms with E-state index >= 15 is 0 Å². The molecule has 1 aromatic carbocycles. The first-order chi connectivity index (χ1) is 16.0. The molecule has 1 aliphatic carbocycles. The van der Waals surface area contributed by atoms with Crippen LogP contribution in [-0.4, -0.2) is 77.3 Å². The van der Waals surface area contributed by atoms with Gasteiger partial charge in [0.1, 0.15) is 5.82 Å². The van der Waals surface area contributed by atoms with Crippen LogP contribution in [0.3, 0.4) is 0 Å². The topological polar surface area (TPSA) is 87.5 Å². The number of rotatable bonds is 6. The van der Waals surface area contributed by atoms with Crippen molar-refractivity contribution in [3.63, 3.8) is 0 Å². The van der Waals surface area contributed by atoms with Gasteiger partial charge in [-0.15, -0.1) is 0 Å². The zero-order valence-electron chi connectivity index (χ0n) is 18.9. The second kappa shape index (κ2) is 9.31. The number of carbonyl (C=O) groups excluding carboxylic acids is 1. The van der Waals surface area contributed by atoms with Gasteiger partial charge < -0.3 is 9.88 Å². The summed E-state index contributed by atoms with van der Waals surface area (Å²) >= 11 is 0. The summed E-state index contributed by atoms with van der Waals surface area (Å²) in [4.78, 5) is 18.5. The maximum Gasteiger partial charge on any atom is 0.262 e. The Morgan fingerprint density at radius 3 is 2.32 bits per heavy atom. The Balaban J connectivity index is 1.47. The minimum absolute atomic E-state index is 0.0346. The van der Waals surface area contributed by atoms with Crippen LogP contribution in [0.15, 0.2) is 41.8 Å². The number of hydrogen-bond acceptors (Lipinski definition) is 5. The van der Waals surface area contributed by atoms with Gasteiger partial charge in [0.2, 0.25) is 5.92 Å². The number of hydrogen-bond donors (Lipinski definition) is 1. The summed E-state index contributed by atoms with van der Waals surface area (Å²) in [5, 5.41) is 2.70. The molecule has 1 saturated carbocycles. The molecule has 0 spiro atoms. The van der Waals surface area contributed by atoms with E-state index < -0.39 is 33.2 Å². The van der Waals surface area contributed by atoms with E-state index in [9.17, 15) is 26.4 Å². The minimum Gasteiger partial charge on any atom is -0.350 e. The van der Waals surface area contributed by atoms with E-state index in [0.29, 0.717) is 13.1 Å². The molecule has 1 aromatic heterocycles. The SMILES string of the molecule is Cn1cnc(S(=O)(=O)N2CCN(C3(CNC(=O)c4ccccc4F)CCC(F)(F)CC3)CC2)c1. The van der Waals surface area contributed by atoms with Crippen molar-refractivity contribution in [2.75, 3.05) is 32.7 Å². The Morgan fingerprint density at radius 2 is 1.74 bits per heavy atom. The van der Waals surface area contributed by atoms with Gasteiger partial charge in [0.05, 0.1) is 11.9 Å². The highest BCUT2D eigenvalue weighted by atomic mass is 32.2. The van der Waals surface area contributed by atoms with E-state index in [2.05, 4.69) is 10.3 Å². The highest BCUT2D eigenvalue weighted by Gasteiger charge is 2.48. The number of aromatic nitrogens is 2. The quantitative estimate of drug-likeness (QED) is 0.659. The third kappa shape index (κ3) is 4.98. The van der Waals surface area contributed by atoms with Gasteiger partial charge in [-0.3, -0.25) is 9.69 Å². The summed E-state index contributed by atoms with van der Waals surface area (Å²) in [6, 6.07) is 5.59. The number of halogens is 3. The van der Waals surface area contributed by atoms with Crippen molar-refractivity contribution in [1.82, 2.24) is 24.1 Å². The molecule has 0 unspecified atom stereocenters. The van der Waals surface area contributed by atoms with E-state index in [1.165, 1.54) is 35.0 Å². The van der Waals surface area contributed by atoms with Gasteiger partial charge in [0.25, 0.3) is 15.9 Å². The van der Waals surface area contributed by atoms with E-state index in [0.717, 1.165) is 0 Å². The first-order valence-corrected chi connectivity index (χ1v) is 12.6. The number of piperazine rings is 1. The van der Waals surface area contributed by atoms with Gasteiger partial charge >= 0.3 is 0 Å². The average molecular weight is 500 g/mol. The predicted octanol–water partition coefficient (Wildman–Crippen LogP) is 2.24. The van der Waals surface area contributed by atoms with E-state index in [1.807, 2.05) is 4.90 Å². The molecule has 4 rings (SSSR count). The maximum atomic E-state index is 14.0. The fraction of sp³-hybridized carbons (Fsp3) is 0.545. The first-order valence-electron chi connectivity index (χ1n) is 11.2. The number of benzene rings is 1. The van der Waals surface area contributed by atoms with Crippen LogP contribution in [0.5, 0.6) is 0 Å². The van der Waals surface area contributed by atoms with E-state index in [-0.39, 0.29) is 55.9 Å². The third-order valence-electron chi connectivity index (χ3n) is 6.80. The Kier molecular flexibility index (Phi) is 6.76. The van der Waals surface area contributed by atoms with Crippen molar-refractivity contribution >= 4 is 15.9 Å². The Morgan fingerprint density at radius 1 is 1.09 bits per heavy atom. The average Bonchev–Trinajstić information content (AvgIpc) is 3.26. The van der Waals surface area contributed by atoms with Gasteiger partial charge in [-0.05, 0) is 25.0 Å². The molecular weight excluding hydrogens is 471 g/mol. The molecule has 0 bridgehead atoms.